The lowest BCUT2D eigenvalue weighted by Crippen LogP contribution is -1.99. The average Bonchev–Trinajstić information content (AvgIpc) is 2.56. The molecule has 0 radical (unpaired) electrons. The molecule has 0 atom stereocenters. The van der Waals surface area contributed by atoms with Gasteiger partial charge in [0.25, 0.3) is 0 Å². The molecule has 0 bridgehead atoms. The fraction of sp³-hybridized carbons (Fsp3) is 0. The van der Waals surface area contributed by atoms with Gasteiger partial charge in [-0.15, -0.1) is 0 Å². The van der Waals surface area contributed by atoms with Crippen molar-refractivity contribution in [3.63, 3.8) is 0 Å². The maximum Gasteiger partial charge on any atom is 0.135 e. The SMILES string of the molecule is N#Cc1ccccc1Nc1cc(Nc2cccc(Cl)c2)ncn1. The maximum atomic E-state index is 9.12. The Labute approximate surface area is 138 Å². The van der Waals surface area contributed by atoms with Crippen LogP contribution in [0.15, 0.2) is 60.9 Å². The Morgan fingerprint density at radius 2 is 1.70 bits per heavy atom. The Balaban J connectivity index is 1.81. The number of hydrogen-bond acceptors (Lipinski definition) is 5. The molecule has 112 valence electrons. The number of halogens is 1. The van der Waals surface area contributed by atoms with Crippen LogP contribution in [-0.2, 0) is 0 Å². The number of nitrogens with one attached hydrogen (secondary N) is 2. The van der Waals surface area contributed by atoms with Crippen LogP contribution in [-0.4, -0.2) is 9.97 Å². The van der Waals surface area contributed by atoms with Crippen molar-refractivity contribution in [2.45, 2.75) is 0 Å². The highest BCUT2D eigenvalue weighted by molar-refractivity contribution is 6.30. The van der Waals surface area contributed by atoms with Crippen molar-refractivity contribution in [2.75, 3.05) is 10.6 Å². The molecule has 0 saturated carbocycles. The van der Waals surface area contributed by atoms with Gasteiger partial charge in [-0.1, -0.05) is 29.8 Å². The van der Waals surface area contributed by atoms with Gasteiger partial charge in [0.15, 0.2) is 0 Å². The van der Waals surface area contributed by atoms with Gasteiger partial charge in [0, 0.05) is 16.8 Å². The number of anilines is 4. The fourth-order valence-corrected chi connectivity index (χ4v) is 2.23. The minimum atomic E-state index is 0.551. The van der Waals surface area contributed by atoms with Gasteiger partial charge < -0.3 is 10.6 Å². The summed E-state index contributed by atoms with van der Waals surface area (Å²) in [5.41, 5.74) is 2.08. The van der Waals surface area contributed by atoms with E-state index in [-0.39, 0.29) is 0 Å². The van der Waals surface area contributed by atoms with E-state index in [4.69, 9.17) is 16.9 Å². The third-order valence-electron chi connectivity index (χ3n) is 3.07. The van der Waals surface area contributed by atoms with Gasteiger partial charge in [-0.05, 0) is 30.3 Å². The molecule has 0 amide bonds. The van der Waals surface area contributed by atoms with Crippen LogP contribution >= 0.6 is 11.6 Å². The molecule has 3 rings (SSSR count). The van der Waals surface area contributed by atoms with Crippen LogP contribution in [0.2, 0.25) is 5.02 Å². The predicted octanol–water partition coefficient (Wildman–Crippen LogP) is 4.49. The van der Waals surface area contributed by atoms with Gasteiger partial charge in [-0.2, -0.15) is 5.26 Å². The van der Waals surface area contributed by atoms with Crippen molar-refractivity contribution in [1.82, 2.24) is 9.97 Å². The molecule has 2 aromatic carbocycles. The molecule has 0 aliphatic carbocycles. The van der Waals surface area contributed by atoms with Crippen molar-refractivity contribution in [2.24, 2.45) is 0 Å². The lowest BCUT2D eigenvalue weighted by molar-refractivity contribution is 1.17. The Hall–Kier alpha value is -3.10. The molecule has 0 aliphatic rings. The Morgan fingerprint density at radius 1 is 0.913 bits per heavy atom. The van der Waals surface area contributed by atoms with Crippen LogP contribution in [0.4, 0.5) is 23.0 Å². The summed E-state index contributed by atoms with van der Waals surface area (Å²) in [5, 5.41) is 16.0. The van der Waals surface area contributed by atoms with Crippen molar-refractivity contribution in [3.05, 3.63) is 71.5 Å². The monoisotopic (exact) mass is 321 g/mol. The molecule has 0 aliphatic heterocycles. The van der Waals surface area contributed by atoms with Crippen LogP contribution < -0.4 is 10.6 Å². The molecular formula is C17H12ClN5. The Morgan fingerprint density at radius 3 is 2.48 bits per heavy atom. The van der Waals surface area contributed by atoms with Crippen molar-refractivity contribution >= 4 is 34.6 Å². The number of aromatic nitrogens is 2. The normalized spacial score (nSPS) is 9.91. The van der Waals surface area contributed by atoms with Gasteiger partial charge in [-0.25, -0.2) is 9.97 Å². The van der Waals surface area contributed by atoms with E-state index in [0.717, 1.165) is 5.69 Å². The zero-order valence-electron chi connectivity index (χ0n) is 12.0. The number of rotatable bonds is 4. The van der Waals surface area contributed by atoms with Crippen LogP contribution in [0.5, 0.6) is 0 Å². The topological polar surface area (TPSA) is 73.6 Å². The molecule has 0 unspecified atom stereocenters. The van der Waals surface area contributed by atoms with Gasteiger partial charge in [0.05, 0.1) is 11.3 Å². The second-order valence-corrected chi connectivity index (χ2v) is 5.14. The fourth-order valence-electron chi connectivity index (χ4n) is 2.04. The highest BCUT2D eigenvalue weighted by Crippen LogP contribution is 2.22. The third kappa shape index (κ3) is 3.76. The lowest BCUT2D eigenvalue weighted by atomic mass is 10.2. The van der Waals surface area contributed by atoms with Gasteiger partial charge in [0.2, 0.25) is 0 Å². The first kappa shape index (κ1) is 14.8. The van der Waals surface area contributed by atoms with Crippen LogP contribution in [0.3, 0.4) is 0 Å². The van der Waals surface area contributed by atoms with Crippen LogP contribution in [0.1, 0.15) is 5.56 Å². The quantitative estimate of drug-likeness (QED) is 0.740. The Bertz CT molecular complexity index is 873. The van der Waals surface area contributed by atoms with Crippen molar-refractivity contribution in [3.8, 4) is 6.07 Å². The number of nitrogens with zero attached hydrogens (tertiary/aromatic N) is 3. The summed E-state index contributed by atoms with van der Waals surface area (Å²) in [6.07, 6.45) is 1.45. The zero-order chi connectivity index (χ0) is 16.1. The molecular weight excluding hydrogens is 310 g/mol. The summed E-state index contributed by atoms with van der Waals surface area (Å²) in [4.78, 5) is 8.35. The van der Waals surface area contributed by atoms with E-state index >= 15 is 0 Å². The lowest BCUT2D eigenvalue weighted by Gasteiger charge is -2.09. The van der Waals surface area contributed by atoms with E-state index in [1.54, 1.807) is 18.2 Å². The molecule has 6 heteroatoms. The molecule has 5 nitrogen and oxygen atoms in total. The molecule has 0 spiro atoms. The number of benzene rings is 2. The first-order valence-corrected chi connectivity index (χ1v) is 7.23. The minimum Gasteiger partial charge on any atom is -0.340 e. The van der Waals surface area contributed by atoms with Gasteiger partial charge in [0.1, 0.15) is 24.0 Å². The van der Waals surface area contributed by atoms with E-state index in [1.165, 1.54) is 6.33 Å². The molecule has 1 heterocycles. The standard InChI is InChI=1S/C17H12ClN5/c18-13-5-3-6-14(8-13)22-16-9-17(21-11-20-16)23-15-7-2-1-4-12(15)10-19/h1-9,11H,(H2,20,21,22,23). The zero-order valence-corrected chi connectivity index (χ0v) is 12.7. The van der Waals surface area contributed by atoms with E-state index in [9.17, 15) is 0 Å². The molecule has 0 saturated heterocycles. The molecule has 2 N–H and O–H groups in total. The largest absolute Gasteiger partial charge is 0.340 e. The van der Waals surface area contributed by atoms with Crippen LogP contribution in [0.25, 0.3) is 0 Å². The number of hydrogen-bond donors (Lipinski definition) is 2. The van der Waals surface area contributed by atoms with Crippen molar-refractivity contribution < 1.29 is 0 Å². The predicted molar refractivity (Wildman–Crippen MR) is 91.2 cm³/mol. The van der Waals surface area contributed by atoms with E-state index < -0.39 is 0 Å². The molecule has 3 aromatic rings. The summed E-state index contributed by atoms with van der Waals surface area (Å²) in [6, 6.07) is 18.5. The second kappa shape index (κ2) is 6.77. The first-order chi connectivity index (χ1) is 11.2. The summed E-state index contributed by atoms with van der Waals surface area (Å²) in [5.74, 6) is 1.21. The summed E-state index contributed by atoms with van der Waals surface area (Å²) in [7, 11) is 0. The highest BCUT2D eigenvalue weighted by Gasteiger charge is 2.04. The number of para-hydroxylation sites is 1. The van der Waals surface area contributed by atoms with E-state index in [2.05, 4.69) is 26.7 Å². The summed E-state index contributed by atoms with van der Waals surface area (Å²) < 4.78 is 0. The second-order valence-electron chi connectivity index (χ2n) is 4.71. The maximum absolute atomic E-state index is 9.12. The molecule has 23 heavy (non-hydrogen) atoms. The van der Waals surface area contributed by atoms with E-state index in [1.807, 2.05) is 36.4 Å². The number of nitriles is 1. The van der Waals surface area contributed by atoms with Crippen molar-refractivity contribution in [1.29, 1.82) is 5.26 Å². The summed E-state index contributed by atoms with van der Waals surface area (Å²) in [6.45, 7) is 0. The first-order valence-electron chi connectivity index (χ1n) is 6.85. The van der Waals surface area contributed by atoms with Crippen LogP contribution in [0, 0.1) is 11.3 Å². The smallest absolute Gasteiger partial charge is 0.135 e. The van der Waals surface area contributed by atoms with Gasteiger partial charge in [-0.3, -0.25) is 0 Å². The highest BCUT2D eigenvalue weighted by atomic mass is 35.5. The average molecular weight is 322 g/mol. The van der Waals surface area contributed by atoms with Gasteiger partial charge >= 0.3 is 0 Å². The molecule has 1 aromatic heterocycles. The van der Waals surface area contributed by atoms with E-state index in [0.29, 0.717) is 27.9 Å². The summed E-state index contributed by atoms with van der Waals surface area (Å²) >= 11 is 5.97. The minimum absolute atomic E-state index is 0.551. The third-order valence-corrected chi connectivity index (χ3v) is 3.31. The molecule has 0 fully saturated rings. The Kier molecular flexibility index (Phi) is 4.37.